The minimum atomic E-state index is 0.0719. The van der Waals surface area contributed by atoms with Gasteiger partial charge in [-0.25, -0.2) is 0 Å². The summed E-state index contributed by atoms with van der Waals surface area (Å²) < 4.78 is 11.4. The molecule has 0 aromatic heterocycles. The lowest BCUT2D eigenvalue weighted by molar-refractivity contribution is 0.269. The fourth-order valence-electron chi connectivity index (χ4n) is 1.94. The first kappa shape index (κ1) is 11.3. The maximum Gasteiger partial charge on any atom is 0.165 e. The lowest BCUT2D eigenvalue weighted by atomic mass is 10.0. The molecule has 2 rings (SSSR count). The fourth-order valence-corrected chi connectivity index (χ4v) is 1.94. The van der Waals surface area contributed by atoms with Gasteiger partial charge in [-0.2, -0.15) is 0 Å². The number of ether oxygens (including phenoxy) is 2. The van der Waals surface area contributed by atoms with Crippen LogP contribution >= 0.6 is 0 Å². The van der Waals surface area contributed by atoms with Crippen LogP contribution in [0.15, 0.2) is 18.2 Å². The minimum Gasteiger partial charge on any atom is -0.490 e. The standard InChI is InChI=1S/C13H19NO2/c1-2-8-15-12-7-3-5-10-11(14)6-4-9-16-13(10)12/h3,5,7,11H,2,4,6,8-9,14H2,1H3/t11-/m1/s1. The van der Waals surface area contributed by atoms with Gasteiger partial charge in [0.25, 0.3) is 0 Å². The zero-order chi connectivity index (χ0) is 11.4. The molecule has 0 amide bonds. The van der Waals surface area contributed by atoms with Gasteiger partial charge in [-0.3, -0.25) is 0 Å². The Labute approximate surface area is 96.5 Å². The van der Waals surface area contributed by atoms with Crippen molar-refractivity contribution >= 4 is 0 Å². The maximum absolute atomic E-state index is 6.11. The van der Waals surface area contributed by atoms with Crippen molar-refractivity contribution in [1.82, 2.24) is 0 Å². The highest BCUT2D eigenvalue weighted by atomic mass is 16.5. The van der Waals surface area contributed by atoms with Crippen molar-refractivity contribution in [2.45, 2.75) is 32.2 Å². The summed E-state index contributed by atoms with van der Waals surface area (Å²) in [5.74, 6) is 1.68. The smallest absolute Gasteiger partial charge is 0.165 e. The highest BCUT2D eigenvalue weighted by Crippen LogP contribution is 2.37. The Morgan fingerprint density at radius 1 is 1.50 bits per heavy atom. The Kier molecular flexibility index (Phi) is 3.67. The van der Waals surface area contributed by atoms with Gasteiger partial charge in [0.15, 0.2) is 11.5 Å². The minimum absolute atomic E-state index is 0.0719. The van der Waals surface area contributed by atoms with E-state index in [1.54, 1.807) is 0 Å². The quantitative estimate of drug-likeness (QED) is 0.853. The molecule has 1 aromatic rings. The molecule has 1 heterocycles. The largest absolute Gasteiger partial charge is 0.490 e. The second kappa shape index (κ2) is 5.21. The summed E-state index contributed by atoms with van der Waals surface area (Å²) >= 11 is 0. The Morgan fingerprint density at radius 3 is 3.19 bits per heavy atom. The lowest BCUT2D eigenvalue weighted by Crippen LogP contribution is -2.09. The van der Waals surface area contributed by atoms with E-state index in [1.807, 2.05) is 18.2 Å². The SMILES string of the molecule is CCCOc1cccc2c1OCCC[C@H]2N. The van der Waals surface area contributed by atoms with Crippen LogP contribution in [-0.4, -0.2) is 13.2 Å². The molecule has 1 aliphatic heterocycles. The van der Waals surface area contributed by atoms with Gasteiger partial charge in [0, 0.05) is 11.6 Å². The highest BCUT2D eigenvalue weighted by Gasteiger charge is 2.19. The summed E-state index contributed by atoms with van der Waals surface area (Å²) in [6, 6.07) is 6.04. The summed E-state index contributed by atoms with van der Waals surface area (Å²) in [5.41, 5.74) is 7.18. The van der Waals surface area contributed by atoms with Gasteiger partial charge in [-0.15, -0.1) is 0 Å². The predicted octanol–water partition coefficient (Wildman–Crippen LogP) is 2.65. The molecule has 88 valence electrons. The van der Waals surface area contributed by atoms with Crippen LogP contribution in [0.5, 0.6) is 11.5 Å². The van der Waals surface area contributed by atoms with Crippen molar-refractivity contribution < 1.29 is 9.47 Å². The average Bonchev–Trinajstić information content (AvgIpc) is 2.49. The van der Waals surface area contributed by atoms with Crippen LogP contribution in [0.4, 0.5) is 0 Å². The molecule has 0 aliphatic carbocycles. The number of rotatable bonds is 3. The summed E-state index contributed by atoms with van der Waals surface area (Å²) in [4.78, 5) is 0. The first-order valence-corrected chi connectivity index (χ1v) is 5.97. The third-order valence-corrected chi connectivity index (χ3v) is 2.78. The molecule has 0 spiro atoms. The van der Waals surface area contributed by atoms with Gasteiger partial charge in [0.2, 0.25) is 0 Å². The maximum atomic E-state index is 6.11. The summed E-state index contributed by atoms with van der Waals surface area (Å²) in [6.07, 6.45) is 2.98. The molecule has 0 saturated heterocycles. The predicted molar refractivity (Wildman–Crippen MR) is 63.9 cm³/mol. The molecule has 2 N–H and O–H groups in total. The van der Waals surface area contributed by atoms with Gasteiger partial charge in [0.1, 0.15) is 0 Å². The van der Waals surface area contributed by atoms with Crippen LogP contribution in [-0.2, 0) is 0 Å². The van der Waals surface area contributed by atoms with Gasteiger partial charge in [-0.05, 0) is 25.3 Å². The average molecular weight is 221 g/mol. The first-order chi connectivity index (χ1) is 7.83. The number of hydrogen-bond donors (Lipinski definition) is 1. The van der Waals surface area contributed by atoms with Gasteiger partial charge in [-0.1, -0.05) is 19.1 Å². The molecule has 1 aliphatic rings. The lowest BCUT2D eigenvalue weighted by Gasteiger charge is -2.15. The Morgan fingerprint density at radius 2 is 2.38 bits per heavy atom. The van der Waals surface area contributed by atoms with Gasteiger partial charge in [0.05, 0.1) is 13.2 Å². The highest BCUT2D eigenvalue weighted by molar-refractivity contribution is 5.48. The van der Waals surface area contributed by atoms with E-state index in [1.165, 1.54) is 0 Å². The van der Waals surface area contributed by atoms with Crippen molar-refractivity contribution in [3.05, 3.63) is 23.8 Å². The number of para-hydroxylation sites is 1. The zero-order valence-corrected chi connectivity index (χ0v) is 9.74. The van der Waals surface area contributed by atoms with E-state index < -0.39 is 0 Å². The van der Waals surface area contributed by atoms with Crippen molar-refractivity contribution in [3.8, 4) is 11.5 Å². The van der Waals surface area contributed by atoms with Crippen LogP contribution in [0.1, 0.15) is 37.8 Å². The molecule has 16 heavy (non-hydrogen) atoms. The van der Waals surface area contributed by atoms with Crippen LogP contribution in [0.25, 0.3) is 0 Å². The van der Waals surface area contributed by atoms with Gasteiger partial charge >= 0.3 is 0 Å². The third-order valence-electron chi connectivity index (χ3n) is 2.78. The molecule has 0 radical (unpaired) electrons. The van der Waals surface area contributed by atoms with E-state index in [0.29, 0.717) is 0 Å². The Hall–Kier alpha value is -1.22. The van der Waals surface area contributed by atoms with Crippen molar-refractivity contribution in [2.24, 2.45) is 5.73 Å². The summed E-state index contributed by atoms with van der Waals surface area (Å²) in [5, 5.41) is 0. The summed E-state index contributed by atoms with van der Waals surface area (Å²) in [7, 11) is 0. The summed E-state index contributed by atoms with van der Waals surface area (Å²) in [6.45, 7) is 3.54. The molecular weight excluding hydrogens is 202 g/mol. The van der Waals surface area contributed by atoms with Crippen LogP contribution in [0.3, 0.4) is 0 Å². The van der Waals surface area contributed by atoms with E-state index in [2.05, 4.69) is 6.92 Å². The fraction of sp³-hybridized carbons (Fsp3) is 0.538. The molecule has 3 nitrogen and oxygen atoms in total. The topological polar surface area (TPSA) is 44.5 Å². The Balaban J connectivity index is 2.29. The molecule has 0 bridgehead atoms. The van der Waals surface area contributed by atoms with E-state index in [9.17, 15) is 0 Å². The van der Waals surface area contributed by atoms with Crippen molar-refractivity contribution in [3.63, 3.8) is 0 Å². The third kappa shape index (κ3) is 2.30. The first-order valence-electron chi connectivity index (χ1n) is 5.97. The Bertz CT molecular complexity index is 352. The zero-order valence-electron chi connectivity index (χ0n) is 9.74. The molecule has 0 fully saturated rings. The number of nitrogens with two attached hydrogens (primary N) is 1. The molecule has 1 aromatic carbocycles. The number of fused-ring (bicyclic) bond motifs is 1. The molecule has 0 saturated carbocycles. The van der Waals surface area contributed by atoms with Crippen LogP contribution < -0.4 is 15.2 Å². The molecular formula is C13H19NO2. The van der Waals surface area contributed by atoms with Crippen LogP contribution in [0, 0.1) is 0 Å². The second-order valence-corrected chi connectivity index (χ2v) is 4.12. The van der Waals surface area contributed by atoms with Crippen LogP contribution in [0.2, 0.25) is 0 Å². The number of hydrogen-bond acceptors (Lipinski definition) is 3. The van der Waals surface area contributed by atoms with Crippen molar-refractivity contribution in [1.29, 1.82) is 0 Å². The monoisotopic (exact) mass is 221 g/mol. The van der Waals surface area contributed by atoms with Gasteiger partial charge < -0.3 is 15.2 Å². The molecule has 1 atom stereocenters. The molecule has 3 heteroatoms. The van der Waals surface area contributed by atoms with E-state index >= 15 is 0 Å². The van der Waals surface area contributed by atoms with E-state index in [4.69, 9.17) is 15.2 Å². The molecule has 0 unspecified atom stereocenters. The van der Waals surface area contributed by atoms with Crippen molar-refractivity contribution in [2.75, 3.05) is 13.2 Å². The number of benzene rings is 1. The van der Waals surface area contributed by atoms with E-state index in [0.717, 1.165) is 49.5 Å². The normalized spacial score (nSPS) is 19.5. The van der Waals surface area contributed by atoms with E-state index in [-0.39, 0.29) is 6.04 Å². The second-order valence-electron chi connectivity index (χ2n) is 4.12.